The lowest BCUT2D eigenvalue weighted by molar-refractivity contribution is -0.607. The van der Waals surface area contributed by atoms with Crippen LogP contribution in [0, 0.1) is 5.21 Å². The highest BCUT2D eigenvalue weighted by molar-refractivity contribution is 5.91. The lowest BCUT2D eigenvalue weighted by Crippen LogP contribution is -2.41. The molecule has 0 aliphatic carbocycles. The van der Waals surface area contributed by atoms with Gasteiger partial charge in [-0.2, -0.15) is 4.73 Å². The first-order valence-corrected chi connectivity index (χ1v) is 8.55. The second kappa shape index (κ2) is 7.58. The third-order valence-corrected chi connectivity index (χ3v) is 4.05. The zero-order valence-corrected chi connectivity index (χ0v) is 14.7. The Kier molecular flexibility index (Phi) is 4.67. The van der Waals surface area contributed by atoms with E-state index in [4.69, 9.17) is 0 Å². The molecule has 0 spiro atoms. The van der Waals surface area contributed by atoms with Gasteiger partial charge >= 0.3 is 5.91 Å². The van der Waals surface area contributed by atoms with Crippen LogP contribution >= 0.6 is 0 Å². The maximum absolute atomic E-state index is 12.3. The number of pyridine rings is 1. The Bertz CT molecular complexity index is 1100. The average Bonchev–Trinajstić information content (AvgIpc) is 3.17. The highest BCUT2D eigenvalue weighted by Crippen LogP contribution is 2.24. The second-order valence-electron chi connectivity index (χ2n) is 5.87. The Balaban J connectivity index is 1.67. The monoisotopic (exact) mass is 372 g/mol. The highest BCUT2D eigenvalue weighted by atomic mass is 16.5. The van der Waals surface area contributed by atoms with Gasteiger partial charge in [-0.3, -0.25) is 20.2 Å². The van der Waals surface area contributed by atoms with Crippen molar-refractivity contribution >= 4 is 11.9 Å². The molecule has 8 heteroatoms. The van der Waals surface area contributed by atoms with Gasteiger partial charge < -0.3 is 5.21 Å². The fourth-order valence-corrected chi connectivity index (χ4v) is 2.74. The van der Waals surface area contributed by atoms with Gasteiger partial charge in [0.1, 0.15) is 0 Å². The van der Waals surface area contributed by atoms with Gasteiger partial charge in [0.15, 0.2) is 12.0 Å². The first-order chi connectivity index (χ1) is 13.7. The van der Waals surface area contributed by atoms with Gasteiger partial charge in [0, 0.05) is 17.7 Å². The zero-order valence-electron chi connectivity index (χ0n) is 14.7. The molecule has 0 unspecified atom stereocenters. The number of benzene rings is 2. The molecule has 2 N–H and O–H groups in total. The minimum absolute atomic E-state index is 0.0379. The van der Waals surface area contributed by atoms with Crippen molar-refractivity contribution in [3.8, 4) is 17.1 Å². The molecule has 0 radical (unpaired) electrons. The first-order valence-electron chi connectivity index (χ1n) is 8.55. The van der Waals surface area contributed by atoms with Crippen LogP contribution in [-0.4, -0.2) is 20.7 Å². The van der Waals surface area contributed by atoms with Crippen LogP contribution < -0.4 is 15.6 Å². The van der Waals surface area contributed by atoms with E-state index in [1.54, 1.807) is 16.7 Å². The summed E-state index contributed by atoms with van der Waals surface area (Å²) in [6.07, 6.45) is 1.26. The lowest BCUT2D eigenvalue weighted by atomic mass is 10.2. The van der Waals surface area contributed by atoms with E-state index in [-0.39, 0.29) is 5.69 Å². The average molecular weight is 372 g/mol. The number of aromatic nitrogens is 4. The van der Waals surface area contributed by atoms with Crippen molar-refractivity contribution in [2.45, 2.75) is 0 Å². The van der Waals surface area contributed by atoms with E-state index in [0.717, 1.165) is 11.3 Å². The van der Waals surface area contributed by atoms with Gasteiger partial charge in [0.2, 0.25) is 5.95 Å². The maximum atomic E-state index is 12.3. The van der Waals surface area contributed by atoms with Gasteiger partial charge in [-0.05, 0) is 18.2 Å². The minimum atomic E-state index is -0.584. The van der Waals surface area contributed by atoms with Crippen LogP contribution in [0.15, 0.2) is 85.1 Å². The smallest absolute Gasteiger partial charge is 0.335 e. The molecule has 4 rings (SSSR count). The van der Waals surface area contributed by atoms with E-state index in [2.05, 4.69) is 21.0 Å². The minimum Gasteiger partial charge on any atom is -0.618 e. The maximum Gasteiger partial charge on any atom is 0.335 e. The predicted octanol–water partition coefficient (Wildman–Crippen LogP) is 2.32. The molecule has 0 aliphatic heterocycles. The standard InChI is InChI=1S/C20H16N6O2/c27-19(17-13-7-8-14-25(17)28)22-24-20-23-21-18(15-9-3-1-4-10-15)26(20)16-11-5-2-6-12-16/h1-14H,(H,22,27)(H,23,24). The molecular weight excluding hydrogens is 356 g/mol. The van der Waals surface area contributed by atoms with Crippen LogP contribution in [0.1, 0.15) is 10.5 Å². The van der Waals surface area contributed by atoms with Crippen molar-refractivity contribution in [2.75, 3.05) is 5.43 Å². The van der Waals surface area contributed by atoms with Gasteiger partial charge in [-0.25, -0.2) is 0 Å². The van der Waals surface area contributed by atoms with E-state index < -0.39 is 5.91 Å². The molecule has 2 heterocycles. The number of para-hydroxylation sites is 1. The molecule has 0 saturated carbocycles. The normalized spacial score (nSPS) is 10.4. The molecular formula is C20H16N6O2. The van der Waals surface area contributed by atoms with Crippen molar-refractivity contribution in [3.05, 3.63) is 96.0 Å². The first kappa shape index (κ1) is 17.2. The number of carbonyl (C=O) groups excluding carboxylic acids is 1. The number of nitrogens with one attached hydrogen (secondary N) is 2. The van der Waals surface area contributed by atoms with Crippen LogP contribution in [0.4, 0.5) is 5.95 Å². The van der Waals surface area contributed by atoms with Crippen LogP contribution in [0.2, 0.25) is 0 Å². The van der Waals surface area contributed by atoms with Crippen LogP contribution in [0.5, 0.6) is 0 Å². The van der Waals surface area contributed by atoms with Crippen molar-refractivity contribution in [3.63, 3.8) is 0 Å². The van der Waals surface area contributed by atoms with E-state index in [9.17, 15) is 10.0 Å². The van der Waals surface area contributed by atoms with Crippen LogP contribution in [0.25, 0.3) is 17.1 Å². The van der Waals surface area contributed by atoms with Gasteiger partial charge in [0.25, 0.3) is 5.69 Å². The van der Waals surface area contributed by atoms with Gasteiger partial charge in [0.05, 0.1) is 5.69 Å². The van der Waals surface area contributed by atoms with Crippen molar-refractivity contribution < 1.29 is 9.52 Å². The molecule has 28 heavy (non-hydrogen) atoms. The molecule has 0 bridgehead atoms. The second-order valence-corrected chi connectivity index (χ2v) is 5.87. The van der Waals surface area contributed by atoms with E-state index in [1.807, 2.05) is 60.7 Å². The number of anilines is 1. The number of nitrogens with zero attached hydrogens (tertiary/aromatic N) is 4. The molecule has 138 valence electrons. The molecule has 4 aromatic rings. The van der Waals surface area contributed by atoms with Crippen molar-refractivity contribution in [1.82, 2.24) is 20.2 Å². The molecule has 0 aliphatic rings. The Morgan fingerprint density at radius 1 is 0.893 bits per heavy atom. The summed E-state index contributed by atoms with van der Waals surface area (Å²) in [5, 5.41) is 20.2. The SMILES string of the molecule is O=C(NNc1nnc(-c2ccccc2)n1-c1ccccc1)c1cccc[n+]1[O-]. The molecule has 1 amide bonds. The number of hydrogen-bond acceptors (Lipinski definition) is 5. The fraction of sp³-hybridized carbons (Fsp3) is 0. The number of rotatable bonds is 5. The quantitative estimate of drug-likeness (QED) is 0.318. The lowest BCUT2D eigenvalue weighted by Gasteiger charge is -2.12. The number of hydrazine groups is 1. The van der Waals surface area contributed by atoms with Crippen LogP contribution in [-0.2, 0) is 0 Å². The molecule has 8 nitrogen and oxygen atoms in total. The van der Waals surface area contributed by atoms with E-state index >= 15 is 0 Å². The Morgan fingerprint density at radius 3 is 2.29 bits per heavy atom. The summed E-state index contributed by atoms with van der Waals surface area (Å²) >= 11 is 0. The number of hydrogen-bond donors (Lipinski definition) is 2. The van der Waals surface area contributed by atoms with Gasteiger partial charge in [-0.15, -0.1) is 10.2 Å². The van der Waals surface area contributed by atoms with E-state index in [0.29, 0.717) is 16.5 Å². The zero-order chi connectivity index (χ0) is 19.3. The van der Waals surface area contributed by atoms with Crippen molar-refractivity contribution in [1.29, 1.82) is 0 Å². The summed E-state index contributed by atoms with van der Waals surface area (Å²) in [5.41, 5.74) is 6.92. The van der Waals surface area contributed by atoms with E-state index in [1.165, 1.54) is 12.3 Å². The Labute approximate surface area is 160 Å². The third-order valence-electron chi connectivity index (χ3n) is 4.05. The third kappa shape index (κ3) is 3.38. The largest absolute Gasteiger partial charge is 0.618 e. The topological polar surface area (TPSA) is 98.8 Å². The molecule has 2 aromatic heterocycles. The Morgan fingerprint density at radius 2 is 1.57 bits per heavy atom. The van der Waals surface area contributed by atoms with Crippen molar-refractivity contribution in [2.24, 2.45) is 0 Å². The summed E-state index contributed by atoms with van der Waals surface area (Å²) in [4.78, 5) is 12.3. The molecule has 0 atom stereocenters. The molecule has 0 fully saturated rings. The highest BCUT2D eigenvalue weighted by Gasteiger charge is 2.18. The fourth-order valence-electron chi connectivity index (χ4n) is 2.74. The summed E-state index contributed by atoms with van der Waals surface area (Å²) in [6, 6.07) is 23.7. The Hall–Kier alpha value is -4.20. The summed E-state index contributed by atoms with van der Waals surface area (Å²) in [6.45, 7) is 0. The number of carbonyl (C=O) groups is 1. The summed E-state index contributed by atoms with van der Waals surface area (Å²) < 4.78 is 2.28. The number of amides is 1. The summed E-state index contributed by atoms with van der Waals surface area (Å²) in [7, 11) is 0. The summed E-state index contributed by atoms with van der Waals surface area (Å²) in [5.74, 6) is 0.341. The molecule has 0 saturated heterocycles. The van der Waals surface area contributed by atoms with Gasteiger partial charge in [-0.1, -0.05) is 48.5 Å². The van der Waals surface area contributed by atoms with Crippen LogP contribution in [0.3, 0.4) is 0 Å². The predicted molar refractivity (Wildman–Crippen MR) is 103 cm³/mol. The molecule has 2 aromatic carbocycles.